The Balaban J connectivity index is 2.12. The van der Waals surface area contributed by atoms with E-state index >= 15 is 0 Å². The molecule has 1 saturated carbocycles. The summed E-state index contributed by atoms with van der Waals surface area (Å²) in [5, 5.41) is 4.50. The molecule has 2 nitrogen and oxygen atoms in total. The second-order valence-corrected chi connectivity index (χ2v) is 7.88. The summed E-state index contributed by atoms with van der Waals surface area (Å²) in [6.07, 6.45) is 4.52. The zero-order valence-electron chi connectivity index (χ0n) is 12.3. The number of hydrogen-bond acceptors (Lipinski definition) is 2. The largest absolute Gasteiger partial charge is 0.313 e. The van der Waals surface area contributed by atoms with Crippen LogP contribution in [0.15, 0.2) is 29.2 Å². The fraction of sp³-hybridized carbons (Fsp3) is 0.625. The minimum atomic E-state index is -0.953. The summed E-state index contributed by atoms with van der Waals surface area (Å²) in [7, 11) is -0.953. The average molecular weight is 314 g/mol. The summed E-state index contributed by atoms with van der Waals surface area (Å²) >= 11 is 5.91. The van der Waals surface area contributed by atoms with Gasteiger partial charge in [0.1, 0.15) is 0 Å². The Bertz CT molecular complexity index is 446. The Hall–Kier alpha value is -0.380. The van der Waals surface area contributed by atoms with Crippen LogP contribution < -0.4 is 5.32 Å². The van der Waals surface area contributed by atoms with E-state index in [9.17, 15) is 4.21 Å². The van der Waals surface area contributed by atoms with E-state index in [0.29, 0.717) is 17.0 Å². The van der Waals surface area contributed by atoms with Crippen molar-refractivity contribution in [3.8, 4) is 0 Å². The van der Waals surface area contributed by atoms with Crippen molar-refractivity contribution in [2.24, 2.45) is 5.92 Å². The van der Waals surface area contributed by atoms with Crippen molar-refractivity contribution < 1.29 is 4.21 Å². The molecule has 0 aromatic heterocycles. The minimum absolute atomic E-state index is 0.214. The molecule has 4 unspecified atom stereocenters. The Kier molecular flexibility index (Phi) is 6.06. The number of benzene rings is 1. The van der Waals surface area contributed by atoms with Gasteiger partial charge in [-0.3, -0.25) is 4.21 Å². The minimum Gasteiger partial charge on any atom is -0.313 e. The van der Waals surface area contributed by atoms with Crippen molar-refractivity contribution in [1.82, 2.24) is 5.32 Å². The highest BCUT2D eigenvalue weighted by Gasteiger charge is 2.33. The molecule has 0 spiro atoms. The van der Waals surface area contributed by atoms with Crippen LogP contribution in [0.25, 0.3) is 0 Å². The number of rotatable bonds is 5. The van der Waals surface area contributed by atoms with Crippen LogP contribution in [0, 0.1) is 5.92 Å². The topological polar surface area (TPSA) is 29.1 Å². The molecule has 1 aliphatic rings. The van der Waals surface area contributed by atoms with E-state index in [1.54, 1.807) is 0 Å². The molecule has 0 amide bonds. The molecule has 1 aromatic carbocycles. The first kappa shape index (κ1) is 16.0. The lowest BCUT2D eigenvalue weighted by Crippen LogP contribution is -2.46. The molecular formula is C16H24ClNOS. The Morgan fingerprint density at radius 3 is 2.65 bits per heavy atom. The van der Waals surface area contributed by atoms with E-state index in [0.717, 1.165) is 30.7 Å². The van der Waals surface area contributed by atoms with Crippen molar-refractivity contribution in [3.05, 3.63) is 29.3 Å². The predicted octanol–water partition coefficient (Wildman–Crippen LogP) is 4.00. The third kappa shape index (κ3) is 4.06. The second-order valence-electron chi connectivity index (χ2n) is 5.77. The first-order valence-electron chi connectivity index (χ1n) is 7.51. The molecule has 4 heteroatoms. The van der Waals surface area contributed by atoms with Gasteiger partial charge in [0.25, 0.3) is 0 Å². The van der Waals surface area contributed by atoms with Crippen LogP contribution in [0.5, 0.6) is 0 Å². The molecule has 1 aliphatic carbocycles. The fourth-order valence-corrected chi connectivity index (χ4v) is 4.79. The van der Waals surface area contributed by atoms with Gasteiger partial charge in [0.05, 0.1) is 16.0 Å². The van der Waals surface area contributed by atoms with Gasteiger partial charge in [0.2, 0.25) is 0 Å². The first-order valence-corrected chi connectivity index (χ1v) is 9.10. The van der Waals surface area contributed by atoms with E-state index in [4.69, 9.17) is 11.6 Å². The lowest BCUT2D eigenvalue weighted by atomic mass is 9.87. The maximum atomic E-state index is 12.9. The maximum absolute atomic E-state index is 12.9. The third-order valence-corrected chi connectivity index (χ3v) is 6.09. The van der Waals surface area contributed by atoms with Crippen molar-refractivity contribution in [3.63, 3.8) is 0 Å². The molecular weight excluding hydrogens is 290 g/mol. The second kappa shape index (κ2) is 7.58. The molecule has 4 atom stereocenters. The standard InChI is InChI=1S/C16H24ClNOS/c1-3-10-18-15-9-4-12(2)11-16(15)20(19)14-7-5-13(17)6-8-14/h5-8,12,15-16,18H,3-4,9-11H2,1-2H3. The molecule has 0 saturated heterocycles. The highest BCUT2D eigenvalue weighted by molar-refractivity contribution is 7.85. The van der Waals surface area contributed by atoms with Crippen LogP contribution in [-0.2, 0) is 10.8 Å². The van der Waals surface area contributed by atoms with E-state index in [1.807, 2.05) is 24.3 Å². The Morgan fingerprint density at radius 2 is 2.00 bits per heavy atom. The maximum Gasteiger partial charge on any atom is 0.0576 e. The van der Waals surface area contributed by atoms with E-state index in [1.165, 1.54) is 6.42 Å². The highest BCUT2D eigenvalue weighted by atomic mass is 35.5. The third-order valence-electron chi connectivity index (χ3n) is 4.03. The van der Waals surface area contributed by atoms with E-state index in [2.05, 4.69) is 19.2 Å². The molecule has 20 heavy (non-hydrogen) atoms. The Labute approximate surface area is 129 Å². The molecule has 0 radical (unpaired) electrons. The molecule has 1 N–H and O–H groups in total. The molecule has 0 bridgehead atoms. The summed E-state index contributed by atoms with van der Waals surface area (Å²) in [6, 6.07) is 7.83. The van der Waals surface area contributed by atoms with Gasteiger partial charge < -0.3 is 5.32 Å². The van der Waals surface area contributed by atoms with Gasteiger partial charge in [-0.15, -0.1) is 0 Å². The summed E-state index contributed by atoms with van der Waals surface area (Å²) in [5.41, 5.74) is 0. The van der Waals surface area contributed by atoms with Crippen LogP contribution in [0.3, 0.4) is 0 Å². The van der Waals surface area contributed by atoms with Gasteiger partial charge in [-0.05, 0) is 62.4 Å². The smallest absolute Gasteiger partial charge is 0.0576 e. The lowest BCUT2D eigenvalue weighted by molar-refractivity contribution is 0.313. The normalized spacial score (nSPS) is 28.2. The highest BCUT2D eigenvalue weighted by Crippen LogP contribution is 2.30. The lowest BCUT2D eigenvalue weighted by Gasteiger charge is -2.35. The Morgan fingerprint density at radius 1 is 1.30 bits per heavy atom. The van der Waals surface area contributed by atoms with Crippen molar-refractivity contribution in [2.45, 2.75) is 55.7 Å². The van der Waals surface area contributed by atoms with Crippen LogP contribution in [0.1, 0.15) is 39.5 Å². The van der Waals surface area contributed by atoms with Crippen molar-refractivity contribution in [2.75, 3.05) is 6.54 Å². The van der Waals surface area contributed by atoms with E-state index < -0.39 is 10.8 Å². The van der Waals surface area contributed by atoms with Gasteiger partial charge in [-0.1, -0.05) is 25.4 Å². The summed E-state index contributed by atoms with van der Waals surface area (Å²) in [6.45, 7) is 5.44. The van der Waals surface area contributed by atoms with Crippen LogP contribution in [-0.4, -0.2) is 22.0 Å². The number of nitrogens with one attached hydrogen (secondary N) is 1. The van der Waals surface area contributed by atoms with Crippen molar-refractivity contribution in [1.29, 1.82) is 0 Å². The quantitative estimate of drug-likeness (QED) is 0.890. The average Bonchev–Trinajstić information content (AvgIpc) is 2.46. The fourth-order valence-electron chi connectivity index (χ4n) is 2.87. The summed E-state index contributed by atoms with van der Waals surface area (Å²) < 4.78 is 12.9. The molecule has 0 aliphatic heterocycles. The molecule has 0 heterocycles. The van der Waals surface area contributed by atoms with Crippen LogP contribution in [0.2, 0.25) is 5.02 Å². The molecule has 1 fully saturated rings. The molecule has 112 valence electrons. The van der Waals surface area contributed by atoms with Gasteiger partial charge in [-0.25, -0.2) is 0 Å². The van der Waals surface area contributed by atoms with Crippen LogP contribution >= 0.6 is 11.6 Å². The van der Waals surface area contributed by atoms with Gasteiger partial charge >= 0.3 is 0 Å². The SMILES string of the molecule is CCCNC1CCC(C)CC1S(=O)c1ccc(Cl)cc1. The van der Waals surface area contributed by atoms with Gasteiger partial charge in [-0.2, -0.15) is 0 Å². The number of hydrogen-bond donors (Lipinski definition) is 1. The zero-order chi connectivity index (χ0) is 14.5. The monoisotopic (exact) mass is 313 g/mol. The summed E-state index contributed by atoms with van der Waals surface area (Å²) in [4.78, 5) is 0.900. The molecule has 2 rings (SSSR count). The van der Waals surface area contributed by atoms with Crippen molar-refractivity contribution >= 4 is 22.4 Å². The zero-order valence-corrected chi connectivity index (χ0v) is 13.8. The van der Waals surface area contributed by atoms with Crippen LogP contribution in [0.4, 0.5) is 0 Å². The van der Waals surface area contributed by atoms with Gasteiger partial charge in [0, 0.05) is 16.0 Å². The van der Waals surface area contributed by atoms with Gasteiger partial charge in [0.15, 0.2) is 0 Å². The first-order chi connectivity index (χ1) is 9.61. The molecule has 1 aromatic rings. The summed E-state index contributed by atoms with van der Waals surface area (Å²) in [5.74, 6) is 0.663. The van der Waals surface area contributed by atoms with E-state index in [-0.39, 0.29) is 5.25 Å². The predicted molar refractivity (Wildman–Crippen MR) is 86.7 cm³/mol. The number of halogens is 1.